The van der Waals surface area contributed by atoms with Crippen molar-refractivity contribution < 1.29 is 9.18 Å². The second kappa shape index (κ2) is 6.77. The first kappa shape index (κ1) is 16.6. The number of aromatic nitrogens is 1. The summed E-state index contributed by atoms with van der Waals surface area (Å²) in [5, 5.41) is 13.9. The zero-order valence-electron chi connectivity index (χ0n) is 14.2. The lowest BCUT2D eigenvalue weighted by atomic mass is 10.1. The largest absolute Gasteiger partial charge is 0.355 e. The van der Waals surface area contributed by atoms with Crippen molar-refractivity contribution in [3.8, 4) is 6.07 Å². The number of hydrogen-bond acceptors (Lipinski definition) is 2. The van der Waals surface area contributed by atoms with Crippen molar-refractivity contribution in [1.82, 2.24) is 4.98 Å². The molecule has 5 heteroatoms. The number of rotatable bonds is 3. The number of para-hydroxylation sites is 2. The van der Waals surface area contributed by atoms with Gasteiger partial charge in [0.05, 0.1) is 5.69 Å². The Morgan fingerprint density at radius 2 is 1.74 bits per heavy atom. The number of nitrogens with one attached hydrogen (secondary N) is 2. The molecule has 27 heavy (non-hydrogen) atoms. The molecule has 4 aromatic rings. The predicted molar refractivity (Wildman–Crippen MR) is 104 cm³/mol. The van der Waals surface area contributed by atoms with E-state index in [2.05, 4.69) is 10.3 Å². The highest BCUT2D eigenvalue weighted by atomic mass is 19.1. The quantitative estimate of drug-likeness (QED) is 0.401. The normalized spacial score (nSPS) is 11.5. The summed E-state index contributed by atoms with van der Waals surface area (Å²) in [6, 6.07) is 21.3. The predicted octanol–water partition coefficient (Wildman–Crippen LogP) is 5.01. The highest BCUT2D eigenvalue weighted by Gasteiger charge is 2.12. The number of carbonyl (C=O) groups excluding carboxylic acids is 1. The van der Waals surface area contributed by atoms with E-state index < -0.39 is 11.7 Å². The standard InChI is InChI=1S/C22H14FN3O/c23-18-6-2-4-8-21(18)26-22(27)15(13-24)11-14-9-10-20-17(12-14)16-5-1-3-7-19(16)25-20/h1-12,25H,(H,26,27)/b15-11+. The van der Waals surface area contributed by atoms with E-state index in [0.717, 1.165) is 21.8 Å². The number of amides is 1. The number of benzene rings is 3. The molecule has 0 bridgehead atoms. The smallest absolute Gasteiger partial charge is 0.266 e. The molecule has 0 aliphatic carbocycles. The van der Waals surface area contributed by atoms with E-state index in [-0.39, 0.29) is 11.3 Å². The Balaban J connectivity index is 1.70. The lowest BCUT2D eigenvalue weighted by molar-refractivity contribution is -0.112. The molecular weight excluding hydrogens is 341 g/mol. The van der Waals surface area contributed by atoms with Crippen molar-refractivity contribution in [2.75, 3.05) is 5.32 Å². The second-order valence-corrected chi connectivity index (χ2v) is 6.08. The number of nitrogens with zero attached hydrogens (tertiary/aromatic N) is 1. The molecule has 4 nitrogen and oxygen atoms in total. The molecule has 1 amide bonds. The van der Waals surface area contributed by atoms with Gasteiger partial charge >= 0.3 is 0 Å². The topological polar surface area (TPSA) is 68.7 Å². The van der Waals surface area contributed by atoms with Crippen molar-refractivity contribution in [2.45, 2.75) is 0 Å². The summed E-state index contributed by atoms with van der Waals surface area (Å²) in [4.78, 5) is 15.7. The van der Waals surface area contributed by atoms with Crippen LogP contribution in [0.4, 0.5) is 10.1 Å². The first-order valence-corrected chi connectivity index (χ1v) is 8.34. The maximum absolute atomic E-state index is 13.7. The molecule has 2 N–H and O–H groups in total. The number of anilines is 1. The molecule has 0 spiro atoms. The molecular formula is C22H14FN3O. The van der Waals surface area contributed by atoms with E-state index in [1.54, 1.807) is 6.07 Å². The molecule has 0 saturated carbocycles. The summed E-state index contributed by atoms with van der Waals surface area (Å²) in [6.07, 6.45) is 1.50. The van der Waals surface area contributed by atoms with Crippen LogP contribution in [0.5, 0.6) is 0 Å². The number of carbonyl (C=O) groups is 1. The van der Waals surface area contributed by atoms with Crippen LogP contribution in [0.25, 0.3) is 27.9 Å². The maximum Gasteiger partial charge on any atom is 0.266 e. The van der Waals surface area contributed by atoms with Gasteiger partial charge in [-0.15, -0.1) is 0 Å². The molecule has 130 valence electrons. The van der Waals surface area contributed by atoms with E-state index in [1.165, 1.54) is 24.3 Å². The molecule has 0 unspecified atom stereocenters. The van der Waals surface area contributed by atoms with Gasteiger partial charge in [0, 0.05) is 21.8 Å². The second-order valence-electron chi connectivity index (χ2n) is 6.08. The summed E-state index contributed by atoms with van der Waals surface area (Å²) in [6.45, 7) is 0. The van der Waals surface area contributed by atoms with Crippen LogP contribution in [0, 0.1) is 17.1 Å². The maximum atomic E-state index is 13.7. The SMILES string of the molecule is N#C/C(=C\c1ccc2[nH]c3ccccc3c2c1)C(=O)Nc1ccccc1F. The minimum absolute atomic E-state index is 0.0377. The van der Waals surface area contributed by atoms with Gasteiger partial charge in [-0.25, -0.2) is 4.39 Å². The van der Waals surface area contributed by atoms with Crippen molar-refractivity contribution in [3.05, 3.63) is 83.7 Å². The van der Waals surface area contributed by atoms with Crippen LogP contribution in [0.3, 0.4) is 0 Å². The Hall–Kier alpha value is -3.91. The van der Waals surface area contributed by atoms with E-state index in [1.807, 2.05) is 48.5 Å². The van der Waals surface area contributed by atoms with Gasteiger partial charge in [-0.3, -0.25) is 4.79 Å². The highest BCUT2D eigenvalue weighted by Crippen LogP contribution is 2.26. The number of H-pyrrole nitrogens is 1. The van der Waals surface area contributed by atoms with E-state index in [9.17, 15) is 14.4 Å². The summed E-state index contributed by atoms with van der Waals surface area (Å²) in [5.74, 6) is -1.20. The van der Waals surface area contributed by atoms with Gasteiger partial charge in [0.15, 0.2) is 0 Å². The van der Waals surface area contributed by atoms with Crippen LogP contribution >= 0.6 is 0 Å². The third kappa shape index (κ3) is 3.16. The highest BCUT2D eigenvalue weighted by molar-refractivity contribution is 6.11. The monoisotopic (exact) mass is 355 g/mol. The van der Waals surface area contributed by atoms with Gasteiger partial charge in [-0.1, -0.05) is 36.4 Å². The van der Waals surface area contributed by atoms with Crippen LogP contribution in [0.1, 0.15) is 5.56 Å². The van der Waals surface area contributed by atoms with Crippen molar-refractivity contribution in [1.29, 1.82) is 5.26 Å². The Morgan fingerprint density at radius 3 is 2.56 bits per heavy atom. The molecule has 0 fully saturated rings. The van der Waals surface area contributed by atoms with Crippen molar-refractivity contribution in [2.24, 2.45) is 0 Å². The van der Waals surface area contributed by atoms with Gasteiger partial charge in [-0.2, -0.15) is 5.26 Å². The Kier molecular flexibility index (Phi) is 4.15. The van der Waals surface area contributed by atoms with Crippen LogP contribution in [0.2, 0.25) is 0 Å². The molecule has 1 aromatic heterocycles. The summed E-state index contributed by atoms with van der Waals surface area (Å²) < 4.78 is 13.7. The van der Waals surface area contributed by atoms with Crippen LogP contribution in [-0.2, 0) is 4.79 Å². The summed E-state index contributed by atoms with van der Waals surface area (Å²) in [7, 11) is 0. The molecule has 0 aliphatic heterocycles. The molecule has 0 aliphatic rings. The Bertz CT molecular complexity index is 1250. The minimum atomic E-state index is -0.651. The third-order valence-corrected chi connectivity index (χ3v) is 4.33. The van der Waals surface area contributed by atoms with Gasteiger partial charge in [-0.05, 0) is 42.0 Å². The molecule has 4 rings (SSSR count). The van der Waals surface area contributed by atoms with Crippen LogP contribution < -0.4 is 5.32 Å². The molecule has 0 radical (unpaired) electrons. The number of fused-ring (bicyclic) bond motifs is 3. The molecule has 0 saturated heterocycles. The third-order valence-electron chi connectivity index (χ3n) is 4.33. The lowest BCUT2D eigenvalue weighted by Crippen LogP contribution is -2.14. The zero-order chi connectivity index (χ0) is 18.8. The molecule has 1 heterocycles. The summed E-state index contributed by atoms with van der Waals surface area (Å²) in [5.41, 5.74) is 2.65. The van der Waals surface area contributed by atoms with Crippen molar-refractivity contribution >= 4 is 39.5 Å². The fourth-order valence-electron chi connectivity index (χ4n) is 3.02. The lowest BCUT2D eigenvalue weighted by Gasteiger charge is -2.05. The van der Waals surface area contributed by atoms with E-state index >= 15 is 0 Å². The zero-order valence-corrected chi connectivity index (χ0v) is 14.2. The fraction of sp³-hybridized carbons (Fsp3) is 0. The number of nitriles is 1. The number of halogens is 1. The van der Waals surface area contributed by atoms with Gasteiger partial charge in [0.1, 0.15) is 17.5 Å². The van der Waals surface area contributed by atoms with Gasteiger partial charge < -0.3 is 10.3 Å². The average Bonchev–Trinajstić information content (AvgIpc) is 3.06. The minimum Gasteiger partial charge on any atom is -0.355 e. The van der Waals surface area contributed by atoms with Crippen molar-refractivity contribution in [3.63, 3.8) is 0 Å². The number of aromatic amines is 1. The first-order chi connectivity index (χ1) is 13.2. The van der Waals surface area contributed by atoms with E-state index in [0.29, 0.717) is 5.56 Å². The van der Waals surface area contributed by atoms with Gasteiger partial charge in [0.2, 0.25) is 0 Å². The first-order valence-electron chi connectivity index (χ1n) is 8.34. The summed E-state index contributed by atoms with van der Waals surface area (Å²) >= 11 is 0. The number of hydrogen-bond donors (Lipinski definition) is 2. The fourth-order valence-corrected chi connectivity index (χ4v) is 3.02. The van der Waals surface area contributed by atoms with Crippen LogP contribution in [-0.4, -0.2) is 10.9 Å². The Labute approximate surface area is 154 Å². The van der Waals surface area contributed by atoms with Gasteiger partial charge in [0.25, 0.3) is 5.91 Å². The van der Waals surface area contributed by atoms with Crippen LogP contribution in [0.15, 0.2) is 72.3 Å². The molecule has 0 atom stereocenters. The average molecular weight is 355 g/mol. The molecule has 3 aromatic carbocycles. The van der Waals surface area contributed by atoms with E-state index in [4.69, 9.17) is 0 Å². The Morgan fingerprint density at radius 1 is 1.00 bits per heavy atom.